The summed E-state index contributed by atoms with van der Waals surface area (Å²) in [4.78, 5) is 15.2. The highest BCUT2D eigenvalue weighted by atomic mass is 16.1. The largest absolute Gasteiger partial charge is 0.366 e. The molecule has 3 N–H and O–H groups in total. The maximum Gasteiger partial charge on any atom is 0.250 e. The standard InChI is InChI=1S/C13H20N4O/c1-9-4-3-5-10(2)17(9)16-12-7-6-11(8-15-12)13(14)18/h6-10H,3-5H2,1-2H3,(H2,14,18)(H,15,16). The topological polar surface area (TPSA) is 71.2 Å². The van der Waals surface area contributed by atoms with Crippen molar-refractivity contribution in [2.45, 2.75) is 45.2 Å². The predicted molar refractivity (Wildman–Crippen MR) is 71.0 cm³/mol. The number of hydrogen-bond donors (Lipinski definition) is 2. The van der Waals surface area contributed by atoms with Crippen LogP contribution in [0, 0.1) is 0 Å². The first-order valence-electron chi connectivity index (χ1n) is 6.39. The lowest BCUT2D eigenvalue weighted by Crippen LogP contribution is -2.47. The Labute approximate surface area is 107 Å². The maximum absolute atomic E-state index is 11.0. The van der Waals surface area contributed by atoms with Crippen LogP contribution in [0.5, 0.6) is 0 Å². The van der Waals surface area contributed by atoms with Crippen LogP contribution in [0.2, 0.25) is 0 Å². The van der Waals surface area contributed by atoms with Crippen LogP contribution >= 0.6 is 0 Å². The normalized spacial score (nSPS) is 24.8. The summed E-state index contributed by atoms with van der Waals surface area (Å²) in [7, 11) is 0. The Morgan fingerprint density at radius 2 is 2.06 bits per heavy atom. The van der Waals surface area contributed by atoms with Gasteiger partial charge in [-0.3, -0.25) is 4.79 Å². The number of rotatable bonds is 3. The molecule has 1 aliphatic rings. The lowest BCUT2D eigenvalue weighted by molar-refractivity contribution is 0.1000. The van der Waals surface area contributed by atoms with Crippen molar-refractivity contribution >= 4 is 11.7 Å². The summed E-state index contributed by atoms with van der Waals surface area (Å²) in [6.45, 7) is 4.42. The Morgan fingerprint density at radius 3 is 2.56 bits per heavy atom. The Kier molecular flexibility index (Phi) is 3.81. The monoisotopic (exact) mass is 248 g/mol. The van der Waals surface area contributed by atoms with Crippen LogP contribution in [0.3, 0.4) is 0 Å². The van der Waals surface area contributed by atoms with Gasteiger partial charge in [0.15, 0.2) is 0 Å². The summed E-state index contributed by atoms with van der Waals surface area (Å²) in [5.74, 6) is 0.300. The molecule has 0 aromatic carbocycles. The van der Waals surface area contributed by atoms with Crippen LogP contribution in [0.1, 0.15) is 43.5 Å². The number of nitrogens with two attached hydrogens (primary N) is 1. The van der Waals surface area contributed by atoms with Gasteiger partial charge in [0.25, 0.3) is 0 Å². The van der Waals surface area contributed by atoms with Gasteiger partial charge in [-0.05, 0) is 38.8 Å². The van der Waals surface area contributed by atoms with E-state index in [0.29, 0.717) is 17.6 Å². The highest BCUT2D eigenvalue weighted by Gasteiger charge is 2.24. The van der Waals surface area contributed by atoms with Crippen LogP contribution in [0.4, 0.5) is 5.82 Å². The second-order valence-corrected chi connectivity index (χ2v) is 4.94. The molecule has 5 heteroatoms. The van der Waals surface area contributed by atoms with Crippen molar-refractivity contribution in [3.05, 3.63) is 23.9 Å². The quantitative estimate of drug-likeness (QED) is 0.855. The van der Waals surface area contributed by atoms with Crippen LogP contribution in [-0.4, -0.2) is 28.0 Å². The molecular weight excluding hydrogens is 228 g/mol. The van der Waals surface area contributed by atoms with Crippen molar-refractivity contribution in [3.8, 4) is 0 Å². The van der Waals surface area contributed by atoms with Crippen LogP contribution in [-0.2, 0) is 0 Å². The molecule has 18 heavy (non-hydrogen) atoms. The number of carbonyl (C=O) groups is 1. The molecule has 0 bridgehead atoms. The van der Waals surface area contributed by atoms with Crippen LogP contribution in [0.25, 0.3) is 0 Å². The number of amides is 1. The van der Waals surface area contributed by atoms with E-state index in [2.05, 4.69) is 29.3 Å². The molecule has 2 atom stereocenters. The molecule has 1 aromatic rings. The summed E-state index contributed by atoms with van der Waals surface area (Å²) >= 11 is 0. The molecule has 98 valence electrons. The third-order valence-electron chi connectivity index (χ3n) is 3.49. The number of nitrogens with one attached hydrogen (secondary N) is 1. The molecule has 2 unspecified atom stereocenters. The minimum atomic E-state index is -0.450. The van der Waals surface area contributed by atoms with E-state index in [-0.39, 0.29) is 0 Å². The van der Waals surface area contributed by atoms with Gasteiger partial charge in [0, 0.05) is 18.3 Å². The van der Waals surface area contributed by atoms with E-state index in [1.807, 2.05) is 0 Å². The first-order valence-corrected chi connectivity index (χ1v) is 6.39. The maximum atomic E-state index is 11.0. The Balaban J connectivity index is 2.06. The van der Waals surface area contributed by atoms with Gasteiger partial charge in [0.2, 0.25) is 5.91 Å². The van der Waals surface area contributed by atoms with E-state index in [9.17, 15) is 4.79 Å². The summed E-state index contributed by atoms with van der Waals surface area (Å²) in [5.41, 5.74) is 8.93. The number of anilines is 1. The fraction of sp³-hybridized carbons (Fsp3) is 0.538. The summed E-state index contributed by atoms with van der Waals surface area (Å²) in [6.07, 6.45) is 5.16. The smallest absolute Gasteiger partial charge is 0.250 e. The highest BCUT2D eigenvalue weighted by Crippen LogP contribution is 2.22. The van der Waals surface area contributed by atoms with Crippen molar-refractivity contribution in [1.82, 2.24) is 9.99 Å². The molecule has 1 aromatic heterocycles. The van der Waals surface area contributed by atoms with Crippen molar-refractivity contribution in [2.75, 3.05) is 5.43 Å². The Hall–Kier alpha value is -1.62. The fourth-order valence-corrected chi connectivity index (χ4v) is 2.38. The van der Waals surface area contributed by atoms with Gasteiger partial charge in [-0.25, -0.2) is 9.99 Å². The van der Waals surface area contributed by atoms with Crippen molar-refractivity contribution in [3.63, 3.8) is 0 Å². The lowest BCUT2D eigenvalue weighted by atomic mass is 10.00. The van der Waals surface area contributed by atoms with E-state index in [1.54, 1.807) is 12.1 Å². The van der Waals surface area contributed by atoms with E-state index >= 15 is 0 Å². The Morgan fingerprint density at radius 1 is 1.39 bits per heavy atom. The number of aromatic nitrogens is 1. The molecular formula is C13H20N4O. The number of hydrazine groups is 1. The Bertz CT molecular complexity index is 408. The minimum Gasteiger partial charge on any atom is -0.366 e. The van der Waals surface area contributed by atoms with Gasteiger partial charge < -0.3 is 11.2 Å². The number of primary amides is 1. The third-order valence-corrected chi connectivity index (χ3v) is 3.49. The average molecular weight is 248 g/mol. The lowest BCUT2D eigenvalue weighted by Gasteiger charge is -2.39. The molecule has 1 aliphatic heterocycles. The molecule has 1 saturated heterocycles. The molecule has 1 amide bonds. The van der Waals surface area contributed by atoms with Crippen molar-refractivity contribution < 1.29 is 4.79 Å². The molecule has 5 nitrogen and oxygen atoms in total. The fourth-order valence-electron chi connectivity index (χ4n) is 2.38. The highest BCUT2D eigenvalue weighted by molar-refractivity contribution is 5.92. The zero-order chi connectivity index (χ0) is 13.1. The molecule has 0 aliphatic carbocycles. The van der Waals surface area contributed by atoms with E-state index in [1.165, 1.54) is 25.5 Å². The molecule has 0 radical (unpaired) electrons. The van der Waals surface area contributed by atoms with Gasteiger partial charge in [0.05, 0.1) is 5.56 Å². The van der Waals surface area contributed by atoms with E-state index in [4.69, 9.17) is 5.73 Å². The number of nitrogens with zero attached hydrogens (tertiary/aromatic N) is 2. The van der Waals surface area contributed by atoms with Gasteiger partial charge in [-0.1, -0.05) is 6.42 Å². The molecule has 2 heterocycles. The molecule has 0 spiro atoms. The molecule has 0 saturated carbocycles. The minimum absolute atomic E-state index is 0.431. The second kappa shape index (κ2) is 5.35. The van der Waals surface area contributed by atoms with Gasteiger partial charge in [-0.2, -0.15) is 0 Å². The SMILES string of the molecule is CC1CCCC(C)N1Nc1ccc(C(N)=O)cn1. The van der Waals surface area contributed by atoms with E-state index < -0.39 is 5.91 Å². The average Bonchev–Trinajstić information content (AvgIpc) is 2.34. The van der Waals surface area contributed by atoms with Gasteiger partial charge >= 0.3 is 0 Å². The first-order chi connectivity index (χ1) is 8.58. The zero-order valence-corrected chi connectivity index (χ0v) is 10.9. The summed E-state index contributed by atoms with van der Waals surface area (Å²) < 4.78 is 0. The van der Waals surface area contributed by atoms with E-state index in [0.717, 1.165) is 5.82 Å². The van der Waals surface area contributed by atoms with Crippen molar-refractivity contribution in [1.29, 1.82) is 0 Å². The number of hydrogen-bond acceptors (Lipinski definition) is 4. The first kappa shape index (κ1) is 12.8. The molecule has 2 rings (SSSR count). The number of piperidine rings is 1. The van der Waals surface area contributed by atoms with Crippen molar-refractivity contribution in [2.24, 2.45) is 5.73 Å². The van der Waals surface area contributed by atoms with Gasteiger partial charge in [0.1, 0.15) is 5.82 Å². The number of pyridine rings is 1. The molecule has 1 fully saturated rings. The van der Waals surface area contributed by atoms with Crippen LogP contribution in [0.15, 0.2) is 18.3 Å². The number of carbonyl (C=O) groups excluding carboxylic acids is 1. The van der Waals surface area contributed by atoms with Crippen LogP contribution < -0.4 is 11.2 Å². The summed E-state index contributed by atoms with van der Waals surface area (Å²) in [6, 6.07) is 4.46. The third kappa shape index (κ3) is 2.79. The second-order valence-electron chi connectivity index (χ2n) is 4.94. The summed E-state index contributed by atoms with van der Waals surface area (Å²) in [5, 5.41) is 2.23. The predicted octanol–water partition coefficient (Wildman–Crippen LogP) is 1.77. The van der Waals surface area contributed by atoms with Gasteiger partial charge in [-0.15, -0.1) is 0 Å². The zero-order valence-electron chi connectivity index (χ0n) is 10.9.